The Balaban J connectivity index is 2.57. The number of hydrogen-bond acceptors (Lipinski definition) is 5. The van der Waals surface area contributed by atoms with Crippen molar-refractivity contribution in [2.75, 3.05) is 13.1 Å². The Labute approximate surface area is 109 Å². The molecule has 4 N–H and O–H groups in total. The summed E-state index contributed by atoms with van der Waals surface area (Å²) in [7, 11) is 0. The van der Waals surface area contributed by atoms with Gasteiger partial charge >= 0.3 is 5.97 Å². The Bertz CT molecular complexity index is 442. The van der Waals surface area contributed by atoms with Gasteiger partial charge in [0.1, 0.15) is 5.69 Å². The van der Waals surface area contributed by atoms with Crippen LogP contribution in [0.25, 0.3) is 0 Å². The number of hydrogen-bond donors (Lipinski definition) is 3. The maximum absolute atomic E-state index is 11.7. The van der Waals surface area contributed by atoms with Crippen LogP contribution in [0.5, 0.6) is 0 Å². The number of carbonyl (C=O) groups is 2. The minimum atomic E-state index is -0.994. The number of aromatic nitrogens is 1. The molecule has 0 spiro atoms. The number of rotatable bonds is 6. The van der Waals surface area contributed by atoms with E-state index in [4.69, 9.17) is 10.8 Å². The third kappa shape index (κ3) is 3.78. The van der Waals surface area contributed by atoms with Gasteiger partial charge in [-0.15, -0.1) is 11.3 Å². The fourth-order valence-electron chi connectivity index (χ4n) is 1.12. The molecule has 0 aliphatic heterocycles. The number of amides is 1. The van der Waals surface area contributed by atoms with E-state index in [1.807, 2.05) is 0 Å². The molecule has 0 saturated carbocycles. The molecule has 1 heterocycles. The van der Waals surface area contributed by atoms with Gasteiger partial charge in [-0.2, -0.15) is 0 Å². The van der Waals surface area contributed by atoms with Gasteiger partial charge in [0.25, 0.3) is 5.91 Å². The molecule has 0 radical (unpaired) electrons. The minimum Gasteiger partial charge on any atom is -0.481 e. The first kappa shape index (κ1) is 14.6. The molecule has 7 heteroatoms. The maximum atomic E-state index is 11.7. The molecule has 0 bridgehead atoms. The van der Waals surface area contributed by atoms with Gasteiger partial charge in [-0.25, -0.2) is 4.98 Å². The lowest BCUT2D eigenvalue weighted by molar-refractivity contribution is -0.146. The number of thiazole rings is 1. The molecule has 0 atom stereocenters. The molecule has 0 aliphatic rings. The number of carboxylic acid groups (broad SMARTS) is 1. The number of nitrogens with one attached hydrogen (secondary N) is 1. The summed E-state index contributed by atoms with van der Waals surface area (Å²) in [5.41, 5.74) is 4.71. The number of nitrogens with two attached hydrogens (primary N) is 1. The summed E-state index contributed by atoms with van der Waals surface area (Å²) in [6.07, 6.45) is 0.637. The zero-order valence-corrected chi connectivity index (χ0v) is 11.2. The molecule has 6 nitrogen and oxygen atoms in total. The summed E-state index contributed by atoms with van der Waals surface area (Å²) in [6, 6.07) is 0. The van der Waals surface area contributed by atoms with E-state index in [0.29, 0.717) is 18.7 Å². The van der Waals surface area contributed by atoms with Crippen LogP contribution in [0.4, 0.5) is 0 Å². The first-order valence-corrected chi connectivity index (χ1v) is 6.41. The second-order valence-electron chi connectivity index (χ2n) is 4.54. The number of carbonyl (C=O) groups excluding carboxylic acids is 1. The topological polar surface area (TPSA) is 105 Å². The standard InChI is InChI=1S/C11H17N3O3S/c1-11(2,10(16)17)6-13-9(15)7-5-18-8(14-7)3-4-12/h5H,3-4,6,12H2,1-2H3,(H,13,15)(H,16,17). The molecular formula is C11H17N3O3S. The van der Waals surface area contributed by atoms with Crippen LogP contribution in [0, 0.1) is 5.41 Å². The zero-order valence-electron chi connectivity index (χ0n) is 10.4. The SMILES string of the molecule is CC(C)(CNC(=O)c1csc(CCN)n1)C(=O)O. The molecule has 1 aromatic heterocycles. The fraction of sp³-hybridized carbons (Fsp3) is 0.545. The minimum absolute atomic E-state index is 0.0604. The summed E-state index contributed by atoms with van der Waals surface area (Å²) in [5, 5.41) is 13.9. The quantitative estimate of drug-likeness (QED) is 0.698. The van der Waals surface area contributed by atoms with Crippen LogP contribution in [-0.2, 0) is 11.2 Å². The van der Waals surface area contributed by atoms with Crippen molar-refractivity contribution in [2.24, 2.45) is 11.1 Å². The average Bonchev–Trinajstić information content (AvgIpc) is 2.75. The molecule has 0 aromatic carbocycles. The second kappa shape index (κ2) is 5.92. The summed E-state index contributed by atoms with van der Waals surface area (Å²) < 4.78 is 0. The Kier molecular flexibility index (Phi) is 4.80. The predicted molar refractivity (Wildman–Crippen MR) is 68.6 cm³/mol. The Morgan fingerprint density at radius 2 is 2.22 bits per heavy atom. The van der Waals surface area contributed by atoms with Gasteiger partial charge in [0, 0.05) is 18.3 Å². The molecule has 0 unspecified atom stereocenters. The zero-order chi connectivity index (χ0) is 13.8. The Hall–Kier alpha value is -1.47. The third-order valence-electron chi connectivity index (χ3n) is 2.41. The Morgan fingerprint density at radius 3 is 2.78 bits per heavy atom. The highest BCUT2D eigenvalue weighted by Crippen LogP contribution is 2.14. The number of carboxylic acids is 1. The van der Waals surface area contributed by atoms with Gasteiger partial charge < -0.3 is 16.2 Å². The van der Waals surface area contributed by atoms with E-state index >= 15 is 0 Å². The summed E-state index contributed by atoms with van der Waals surface area (Å²) in [5.74, 6) is -1.31. The lowest BCUT2D eigenvalue weighted by atomic mass is 9.94. The summed E-state index contributed by atoms with van der Waals surface area (Å²) in [6.45, 7) is 3.65. The number of aliphatic carboxylic acids is 1. The van der Waals surface area contributed by atoms with Crippen LogP contribution < -0.4 is 11.1 Å². The molecule has 18 heavy (non-hydrogen) atoms. The average molecular weight is 271 g/mol. The highest BCUT2D eigenvalue weighted by atomic mass is 32.1. The van der Waals surface area contributed by atoms with Crippen LogP contribution in [0.15, 0.2) is 5.38 Å². The van der Waals surface area contributed by atoms with Crippen molar-refractivity contribution >= 4 is 23.2 Å². The Morgan fingerprint density at radius 1 is 1.56 bits per heavy atom. The number of nitrogens with zero attached hydrogens (tertiary/aromatic N) is 1. The molecule has 1 amide bonds. The van der Waals surface area contributed by atoms with Crippen molar-refractivity contribution in [3.8, 4) is 0 Å². The monoisotopic (exact) mass is 271 g/mol. The molecule has 0 fully saturated rings. The summed E-state index contributed by atoms with van der Waals surface area (Å²) >= 11 is 1.37. The van der Waals surface area contributed by atoms with Gasteiger partial charge in [0.2, 0.25) is 0 Å². The van der Waals surface area contributed by atoms with Gasteiger partial charge in [-0.3, -0.25) is 9.59 Å². The van der Waals surface area contributed by atoms with Crippen molar-refractivity contribution in [3.05, 3.63) is 16.1 Å². The van der Waals surface area contributed by atoms with E-state index in [0.717, 1.165) is 5.01 Å². The van der Waals surface area contributed by atoms with E-state index < -0.39 is 11.4 Å². The first-order chi connectivity index (χ1) is 8.36. The van der Waals surface area contributed by atoms with Crippen LogP contribution in [-0.4, -0.2) is 35.1 Å². The van der Waals surface area contributed by atoms with E-state index in [2.05, 4.69) is 10.3 Å². The lowest BCUT2D eigenvalue weighted by Crippen LogP contribution is -2.39. The molecule has 0 aliphatic carbocycles. The van der Waals surface area contributed by atoms with Crippen molar-refractivity contribution in [1.29, 1.82) is 0 Å². The first-order valence-electron chi connectivity index (χ1n) is 5.53. The molecular weight excluding hydrogens is 254 g/mol. The van der Waals surface area contributed by atoms with Gasteiger partial charge in [0.15, 0.2) is 0 Å². The van der Waals surface area contributed by atoms with Crippen molar-refractivity contribution in [1.82, 2.24) is 10.3 Å². The molecule has 1 rings (SSSR count). The van der Waals surface area contributed by atoms with Gasteiger partial charge in [-0.1, -0.05) is 0 Å². The van der Waals surface area contributed by atoms with Crippen LogP contribution in [0.1, 0.15) is 29.3 Å². The highest BCUT2D eigenvalue weighted by Gasteiger charge is 2.28. The van der Waals surface area contributed by atoms with Gasteiger partial charge in [0.05, 0.1) is 10.4 Å². The largest absolute Gasteiger partial charge is 0.481 e. The van der Waals surface area contributed by atoms with Crippen LogP contribution >= 0.6 is 11.3 Å². The van der Waals surface area contributed by atoms with E-state index in [1.54, 1.807) is 19.2 Å². The third-order valence-corrected chi connectivity index (χ3v) is 3.32. The molecule has 100 valence electrons. The fourth-order valence-corrected chi connectivity index (χ4v) is 1.92. The van der Waals surface area contributed by atoms with Gasteiger partial charge in [-0.05, 0) is 20.4 Å². The second-order valence-corrected chi connectivity index (χ2v) is 5.48. The van der Waals surface area contributed by atoms with Crippen LogP contribution in [0.2, 0.25) is 0 Å². The van der Waals surface area contributed by atoms with Crippen molar-refractivity contribution in [2.45, 2.75) is 20.3 Å². The van der Waals surface area contributed by atoms with E-state index in [9.17, 15) is 9.59 Å². The van der Waals surface area contributed by atoms with Crippen LogP contribution in [0.3, 0.4) is 0 Å². The van der Waals surface area contributed by atoms with Crippen molar-refractivity contribution in [3.63, 3.8) is 0 Å². The molecule has 1 aromatic rings. The highest BCUT2D eigenvalue weighted by molar-refractivity contribution is 7.09. The van der Waals surface area contributed by atoms with E-state index in [1.165, 1.54) is 11.3 Å². The van der Waals surface area contributed by atoms with Crippen molar-refractivity contribution < 1.29 is 14.7 Å². The summed E-state index contributed by atoms with van der Waals surface area (Å²) in [4.78, 5) is 26.7. The van der Waals surface area contributed by atoms with E-state index in [-0.39, 0.29) is 12.5 Å². The normalized spacial score (nSPS) is 11.3. The predicted octanol–water partition coefficient (Wildman–Crippen LogP) is 0.485. The molecule has 0 saturated heterocycles. The lowest BCUT2D eigenvalue weighted by Gasteiger charge is -2.18. The maximum Gasteiger partial charge on any atom is 0.310 e. The smallest absolute Gasteiger partial charge is 0.310 e.